The van der Waals surface area contributed by atoms with E-state index in [2.05, 4.69) is 41.5 Å². The van der Waals surface area contributed by atoms with Gasteiger partial charge in [0.2, 0.25) is 0 Å². The fourth-order valence-electron chi connectivity index (χ4n) is 13.2. The molecule has 17 nitrogen and oxygen atoms in total. The first-order chi connectivity index (χ1) is 50.4. The Morgan fingerprint density at radius 1 is 0.279 bits per heavy atom. The molecule has 0 amide bonds. The van der Waals surface area contributed by atoms with Crippen LogP contribution in [0.15, 0.2) is 0 Å². The van der Waals surface area contributed by atoms with Crippen molar-refractivity contribution >= 4 is 39.5 Å². The van der Waals surface area contributed by atoms with Crippen LogP contribution in [0.4, 0.5) is 0 Å². The SMILES string of the molecule is CCCCCCCCCCCCCCCCCCCCCC(=O)OC[C@H](COP(=O)(O)OC[C@@H](O)COP(=O)(O)OC[C@@H](COC(=O)CCCCCCCCC(C)CC)OC(=O)CCCCCCCCCCCCCCCC)OC(=O)CCCCCCCCCCCCCCCCCCCCC(C)C. The van der Waals surface area contributed by atoms with Crippen LogP contribution in [0.3, 0.4) is 0 Å². The van der Waals surface area contributed by atoms with Crippen LogP contribution in [-0.2, 0) is 65.4 Å². The minimum Gasteiger partial charge on any atom is -0.462 e. The maximum Gasteiger partial charge on any atom is 0.472 e. The van der Waals surface area contributed by atoms with E-state index in [9.17, 15) is 43.2 Å². The highest BCUT2D eigenvalue weighted by Crippen LogP contribution is 2.45. The Kier molecular flexibility index (Phi) is 75.0. The van der Waals surface area contributed by atoms with Crippen LogP contribution in [0.25, 0.3) is 0 Å². The highest BCUT2D eigenvalue weighted by atomic mass is 31.2. The highest BCUT2D eigenvalue weighted by Gasteiger charge is 2.30. The van der Waals surface area contributed by atoms with E-state index in [1.807, 2.05) is 0 Å². The van der Waals surface area contributed by atoms with E-state index in [1.165, 1.54) is 263 Å². The van der Waals surface area contributed by atoms with Gasteiger partial charge in [-0.15, -0.1) is 0 Å². The molecule has 3 N–H and O–H groups in total. The number of aliphatic hydroxyl groups excluding tert-OH is 1. The maximum atomic E-state index is 13.1. The van der Waals surface area contributed by atoms with Gasteiger partial charge in [-0.1, -0.05) is 401 Å². The van der Waals surface area contributed by atoms with Crippen molar-refractivity contribution in [3.8, 4) is 0 Å². The largest absolute Gasteiger partial charge is 0.472 e. The second kappa shape index (κ2) is 76.4. The Morgan fingerprint density at radius 3 is 0.731 bits per heavy atom. The molecule has 0 aromatic carbocycles. The first-order valence-electron chi connectivity index (χ1n) is 44.0. The van der Waals surface area contributed by atoms with E-state index >= 15 is 0 Å². The molecule has 104 heavy (non-hydrogen) atoms. The van der Waals surface area contributed by atoms with Crippen molar-refractivity contribution in [3.63, 3.8) is 0 Å². The lowest BCUT2D eigenvalue weighted by atomic mass is 10.00. The summed E-state index contributed by atoms with van der Waals surface area (Å²) in [7, 11) is -9.93. The van der Waals surface area contributed by atoms with Crippen molar-refractivity contribution in [2.24, 2.45) is 11.8 Å². The second-order valence-corrected chi connectivity index (χ2v) is 34.2. The minimum absolute atomic E-state index is 0.107. The summed E-state index contributed by atoms with van der Waals surface area (Å²) in [6, 6.07) is 0. The molecule has 3 unspecified atom stereocenters. The number of esters is 4. The van der Waals surface area contributed by atoms with Crippen molar-refractivity contribution in [3.05, 3.63) is 0 Å². The molecule has 6 atom stereocenters. The first kappa shape index (κ1) is 102. The van der Waals surface area contributed by atoms with Crippen LogP contribution in [-0.4, -0.2) is 96.7 Å². The molecule has 0 aromatic rings. The van der Waals surface area contributed by atoms with Crippen LogP contribution in [0.5, 0.6) is 0 Å². The van der Waals surface area contributed by atoms with Crippen LogP contribution >= 0.6 is 15.6 Å². The lowest BCUT2D eigenvalue weighted by Gasteiger charge is -2.21. The van der Waals surface area contributed by atoms with Crippen LogP contribution in [0.1, 0.15) is 452 Å². The number of aliphatic hydroxyl groups is 1. The zero-order valence-corrected chi connectivity index (χ0v) is 70.1. The molecule has 0 aliphatic rings. The molecule has 0 aromatic heterocycles. The lowest BCUT2D eigenvalue weighted by molar-refractivity contribution is -0.161. The number of hydrogen-bond donors (Lipinski definition) is 3. The molecule has 19 heteroatoms. The van der Waals surface area contributed by atoms with E-state index < -0.39 is 97.5 Å². The van der Waals surface area contributed by atoms with Gasteiger partial charge in [0.1, 0.15) is 19.3 Å². The second-order valence-electron chi connectivity index (χ2n) is 31.3. The summed E-state index contributed by atoms with van der Waals surface area (Å²) in [4.78, 5) is 73.2. The summed E-state index contributed by atoms with van der Waals surface area (Å²) in [5.74, 6) is -0.553. The van der Waals surface area contributed by atoms with Crippen molar-refractivity contribution < 1.29 is 80.2 Å². The molecule has 0 bridgehead atoms. The summed E-state index contributed by atoms with van der Waals surface area (Å²) in [6.45, 7) is 9.66. The number of ether oxygens (including phenoxy) is 4. The van der Waals surface area contributed by atoms with Gasteiger partial charge in [0.25, 0.3) is 0 Å². The molecular formula is C85H166O17P2. The highest BCUT2D eigenvalue weighted by molar-refractivity contribution is 7.47. The van der Waals surface area contributed by atoms with Crippen LogP contribution in [0, 0.1) is 11.8 Å². The Labute approximate surface area is 638 Å². The predicted octanol–water partition coefficient (Wildman–Crippen LogP) is 25.8. The van der Waals surface area contributed by atoms with Crippen LogP contribution < -0.4 is 0 Å². The van der Waals surface area contributed by atoms with E-state index in [4.69, 9.17) is 37.0 Å². The van der Waals surface area contributed by atoms with Gasteiger partial charge in [-0.2, -0.15) is 0 Å². The van der Waals surface area contributed by atoms with E-state index in [-0.39, 0.29) is 25.7 Å². The van der Waals surface area contributed by atoms with Gasteiger partial charge < -0.3 is 33.8 Å². The summed E-state index contributed by atoms with van der Waals surface area (Å²) in [5.41, 5.74) is 0. The molecule has 0 heterocycles. The van der Waals surface area contributed by atoms with Gasteiger partial charge in [0.15, 0.2) is 12.2 Å². The minimum atomic E-state index is -4.97. The number of carbonyl (C=O) groups is 4. The predicted molar refractivity (Wildman–Crippen MR) is 428 cm³/mol. The summed E-state index contributed by atoms with van der Waals surface area (Å²) in [6.07, 6.45) is 68.1. The lowest BCUT2D eigenvalue weighted by Crippen LogP contribution is -2.30. The number of hydrogen-bond acceptors (Lipinski definition) is 15. The third-order valence-corrected chi connectivity index (χ3v) is 22.2. The summed E-state index contributed by atoms with van der Waals surface area (Å²) >= 11 is 0. The maximum absolute atomic E-state index is 13.1. The molecule has 0 spiro atoms. The van der Waals surface area contributed by atoms with Gasteiger partial charge in [-0.25, -0.2) is 9.13 Å². The van der Waals surface area contributed by atoms with Crippen molar-refractivity contribution in [2.45, 2.75) is 471 Å². The smallest absolute Gasteiger partial charge is 0.462 e. The third-order valence-electron chi connectivity index (χ3n) is 20.3. The van der Waals surface area contributed by atoms with Gasteiger partial charge in [0.05, 0.1) is 26.4 Å². The van der Waals surface area contributed by atoms with Gasteiger partial charge in [-0.05, 0) is 37.5 Å². The number of carbonyl (C=O) groups excluding carboxylic acids is 4. The molecule has 618 valence electrons. The quantitative estimate of drug-likeness (QED) is 0.0222. The van der Waals surface area contributed by atoms with Crippen molar-refractivity contribution in [1.29, 1.82) is 0 Å². The number of rotatable bonds is 84. The Morgan fingerprint density at radius 2 is 0.490 bits per heavy atom. The Balaban J connectivity index is 5.22. The molecule has 0 aliphatic heterocycles. The molecular weight excluding hydrogens is 1350 g/mol. The third kappa shape index (κ3) is 76.8. The van der Waals surface area contributed by atoms with E-state index in [0.717, 1.165) is 108 Å². The fraction of sp³-hybridized carbons (Fsp3) is 0.953. The first-order valence-corrected chi connectivity index (χ1v) is 47.0. The standard InChI is InChI=1S/C85H166O17P2/c1-7-10-12-14-16-18-20-22-24-25-26-30-33-37-40-44-48-55-61-67-82(87)95-73-80(101-84(89)70-64-58-50-46-42-38-34-31-28-27-29-32-35-39-43-47-53-59-65-77(4)5)75-99-103(91,92)97-71-79(86)72-98-104(93,94)100-76-81(74-96-83(88)68-62-56-52-51-54-60-66-78(6)9-3)102-85(90)69-63-57-49-45-41-36-23-21-19-17-15-13-11-8-2/h77-81,86H,7-76H2,1-6H3,(H,91,92)(H,93,94)/t78?,79-,80-,81-/m1/s1. The Hall–Kier alpha value is -1.94. The Bertz CT molecular complexity index is 2000. The number of phosphoric acid groups is 2. The zero-order chi connectivity index (χ0) is 76.4. The molecule has 0 saturated carbocycles. The molecule has 0 aliphatic carbocycles. The molecule has 0 rings (SSSR count). The average molecular weight is 1520 g/mol. The fourth-order valence-corrected chi connectivity index (χ4v) is 14.8. The van der Waals surface area contributed by atoms with E-state index in [0.29, 0.717) is 25.7 Å². The van der Waals surface area contributed by atoms with Crippen molar-refractivity contribution in [2.75, 3.05) is 39.6 Å². The number of unbranched alkanes of at least 4 members (excludes halogenated alkanes) is 53. The van der Waals surface area contributed by atoms with E-state index in [1.54, 1.807) is 0 Å². The normalized spacial score (nSPS) is 14.1. The van der Waals surface area contributed by atoms with Crippen LogP contribution in [0.2, 0.25) is 0 Å². The van der Waals surface area contributed by atoms with Crippen molar-refractivity contribution in [1.82, 2.24) is 0 Å². The average Bonchev–Trinajstić information content (AvgIpc) is 0.909. The topological polar surface area (TPSA) is 237 Å². The monoisotopic (exact) mass is 1520 g/mol. The molecule has 0 radical (unpaired) electrons. The molecule has 0 fully saturated rings. The molecule has 0 saturated heterocycles. The van der Waals surface area contributed by atoms with Gasteiger partial charge in [-0.3, -0.25) is 37.3 Å². The summed E-state index contributed by atoms with van der Waals surface area (Å²) in [5, 5.41) is 10.7. The number of phosphoric ester groups is 2. The zero-order valence-electron chi connectivity index (χ0n) is 68.3. The summed E-state index contributed by atoms with van der Waals surface area (Å²) < 4.78 is 68.8. The van der Waals surface area contributed by atoms with Gasteiger partial charge in [0, 0.05) is 25.7 Å². The van der Waals surface area contributed by atoms with Gasteiger partial charge >= 0.3 is 39.5 Å².